The minimum absolute atomic E-state index is 0.166. The highest BCUT2D eigenvalue weighted by atomic mass is 32.1. The molecule has 18 heavy (non-hydrogen) atoms. The first-order valence-electron chi connectivity index (χ1n) is 5.72. The molecule has 0 aliphatic heterocycles. The predicted octanol–water partition coefficient (Wildman–Crippen LogP) is 3.07. The van der Waals surface area contributed by atoms with Crippen molar-refractivity contribution in [2.75, 3.05) is 6.61 Å². The summed E-state index contributed by atoms with van der Waals surface area (Å²) in [5, 5.41) is 3.80. The van der Waals surface area contributed by atoms with Crippen LogP contribution in [-0.4, -0.2) is 22.5 Å². The van der Waals surface area contributed by atoms with Crippen molar-refractivity contribution in [1.82, 2.24) is 9.97 Å². The Labute approximate surface area is 114 Å². The van der Waals surface area contributed by atoms with Crippen molar-refractivity contribution >= 4 is 28.6 Å². The molecule has 6 heteroatoms. The topological polar surface area (TPSA) is 52.1 Å². The summed E-state index contributed by atoms with van der Waals surface area (Å²) < 4.78 is 4.91. The van der Waals surface area contributed by atoms with E-state index in [4.69, 9.17) is 4.74 Å². The van der Waals surface area contributed by atoms with E-state index in [2.05, 4.69) is 9.97 Å². The Morgan fingerprint density at radius 2 is 2.28 bits per heavy atom. The molecule has 0 fully saturated rings. The highest BCUT2D eigenvalue weighted by molar-refractivity contribution is 7.20. The number of aromatic nitrogens is 2. The molecule has 0 atom stereocenters. The van der Waals surface area contributed by atoms with Crippen LogP contribution in [-0.2, 0) is 16.0 Å². The van der Waals surface area contributed by atoms with Crippen molar-refractivity contribution in [3.63, 3.8) is 0 Å². The summed E-state index contributed by atoms with van der Waals surface area (Å²) in [7, 11) is 0. The zero-order valence-electron chi connectivity index (χ0n) is 10.3. The third-order valence-electron chi connectivity index (χ3n) is 2.38. The Kier molecular flexibility index (Phi) is 4.43. The van der Waals surface area contributed by atoms with Gasteiger partial charge < -0.3 is 4.74 Å². The molecule has 0 saturated carbocycles. The highest BCUT2D eigenvalue weighted by Crippen LogP contribution is 2.29. The Morgan fingerprint density at radius 3 is 2.94 bits per heavy atom. The molecule has 0 radical (unpaired) electrons. The fraction of sp³-hybridized carbons (Fsp3) is 0.417. The van der Waals surface area contributed by atoms with Crippen LogP contribution in [0, 0.1) is 6.92 Å². The van der Waals surface area contributed by atoms with Crippen LogP contribution in [0.25, 0.3) is 10.0 Å². The Hall–Kier alpha value is -1.27. The maximum atomic E-state index is 11.3. The van der Waals surface area contributed by atoms with E-state index in [1.807, 2.05) is 19.2 Å². The molecule has 0 amide bonds. The fourth-order valence-electron chi connectivity index (χ4n) is 1.53. The molecule has 2 heterocycles. The van der Waals surface area contributed by atoms with Crippen molar-refractivity contribution < 1.29 is 9.53 Å². The van der Waals surface area contributed by atoms with Crippen LogP contribution >= 0.6 is 22.7 Å². The number of aryl methyl sites for hydroxylation is 2. The molecule has 96 valence electrons. The van der Waals surface area contributed by atoms with Gasteiger partial charge in [0.05, 0.1) is 18.7 Å². The van der Waals surface area contributed by atoms with E-state index in [0.717, 1.165) is 20.6 Å². The second kappa shape index (κ2) is 6.06. The SMILES string of the molecule is CCOC(=O)CCc1nc(-c2nccs2)sc1C. The molecule has 0 N–H and O–H groups in total. The molecule has 0 aliphatic carbocycles. The van der Waals surface area contributed by atoms with E-state index in [0.29, 0.717) is 19.4 Å². The lowest BCUT2D eigenvalue weighted by molar-refractivity contribution is -0.143. The minimum atomic E-state index is -0.166. The number of hydrogen-bond acceptors (Lipinski definition) is 6. The van der Waals surface area contributed by atoms with E-state index < -0.39 is 0 Å². The first-order valence-corrected chi connectivity index (χ1v) is 7.42. The molecule has 0 saturated heterocycles. The Bertz CT molecular complexity index is 520. The molecule has 0 aromatic carbocycles. The monoisotopic (exact) mass is 282 g/mol. The Morgan fingerprint density at radius 1 is 1.44 bits per heavy atom. The summed E-state index contributed by atoms with van der Waals surface area (Å²) in [5.41, 5.74) is 0.971. The van der Waals surface area contributed by atoms with Crippen LogP contribution in [0.5, 0.6) is 0 Å². The fourth-order valence-corrected chi connectivity index (χ4v) is 3.17. The van der Waals surface area contributed by atoms with E-state index in [1.54, 1.807) is 28.9 Å². The largest absolute Gasteiger partial charge is 0.466 e. The molecule has 0 unspecified atom stereocenters. The van der Waals surface area contributed by atoms with E-state index in [-0.39, 0.29) is 5.97 Å². The van der Waals surface area contributed by atoms with Crippen LogP contribution in [0.1, 0.15) is 23.9 Å². The van der Waals surface area contributed by atoms with Gasteiger partial charge in [-0.2, -0.15) is 0 Å². The summed E-state index contributed by atoms with van der Waals surface area (Å²) in [5.74, 6) is -0.166. The standard InChI is InChI=1S/C12H14N2O2S2/c1-3-16-10(15)5-4-9-8(2)18-12(14-9)11-13-6-7-17-11/h6-7H,3-5H2,1-2H3. The third-order valence-corrected chi connectivity index (χ3v) is 4.31. The summed E-state index contributed by atoms with van der Waals surface area (Å²) in [6.45, 7) is 4.26. The van der Waals surface area contributed by atoms with Crippen LogP contribution in [0.15, 0.2) is 11.6 Å². The average molecular weight is 282 g/mol. The van der Waals surface area contributed by atoms with Gasteiger partial charge in [0.15, 0.2) is 10.0 Å². The Balaban J connectivity index is 2.04. The van der Waals surface area contributed by atoms with Gasteiger partial charge in [0, 0.05) is 22.9 Å². The van der Waals surface area contributed by atoms with Gasteiger partial charge in [-0.05, 0) is 13.8 Å². The smallest absolute Gasteiger partial charge is 0.306 e. The molecule has 4 nitrogen and oxygen atoms in total. The second-order valence-electron chi connectivity index (χ2n) is 3.66. The van der Waals surface area contributed by atoms with Gasteiger partial charge in [0.1, 0.15) is 0 Å². The van der Waals surface area contributed by atoms with Crippen LogP contribution < -0.4 is 0 Å². The van der Waals surface area contributed by atoms with Gasteiger partial charge >= 0.3 is 5.97 Å². The number of esters is 1. The lowest BCUT2D eigenvalue weighted by atomic mass is 10.2. The van der Waals surface area contributed by atoms with Gasteiger partial charge in [-0.1, -0.05) is 0 Å². The molecule has 2 rings (SSSR count). The normalized spacial score (nSPS) is 10.6. The predicted molar refractivity (Wildman–Crippen MR) is 72.9 cm³/mol. The molecular formula is C12H14N2O2S2. The van der Waals surface area contributed by atoms with Crippen molar-refractivity contribution in [3.8, 4) is 10.0 Å². The van der Waals surface area contributed by atoms with E-state index in [9.17, 15) is 4.79 Å². The maximum absolute atomic E-state index is 11.3. The average Bonchev–Trinajstić information content (AvgIpc) is 2.96. The zero-order chi connectivity index (χ0) is 13.0. The molecule has 0 spiro atoms. The molecule has 0 bridgehead atoms. The first-order chi connectivity index (χ1) is 8.70. The van der Waals surface area contributed by atoms with Crippen LogP contribution in [0.4, 0.5) is 0 Å². The van der Waals surface area contributed by atoms with Crippen LogP contribution in [0.3, 0.4) is 0 Å². The number of carbonyl (C=O) groups excluding carboxylic acids is 1. The second-order valence-corrected chi connectivity index (χ2v) is 5.76. The summed E-state index contributed by atoms with van der Waals surface area (Å²) in [4.78, 5) is 21.2. The van der Waals surface area contributed by atoms with E-state index in [1.165, 1.54) is 0 Å². The van der Waals surface area contributed by atoms with Gasteiger partial charge in [0.25, 0.3) is 0 Å². The quantitative estimate of drug-likeness (QED) is 0.791. The number of hydrogen-bond donors (Lipinski definition) is 0. The van der Waals surface area contributed by atoms with Crippen LogP contribution in [0.2, 0.25) is 0 Å². The van der Waals surface area contributed by atoms with Gasteiger partial charge in [-0.25, -0.2) is 9.97 Å². The lowest BCUT2D eigenvalue weighted by Crippen LogP contribution is -2.05. The lowest BCUT2D eigenvalue weighted by Gasteiger charge is -2.00. The minimum Gasteiger partial charge on any atom is -0.466 e. The first kappa shape index (κ1) is 13.2. The number of rotatable bonds is 5. The summed E-state index contributed by atoms with van der Waals surface area (Å²) in [6.07, 6.45) is 2.79. The van der Waals surface area contributed by atoms with Crippen molar-refractivity contribution in [3.05, 3.63) is 22.1 Å². The molecule has 2 aromatic heterocycles. The molecule has 0 aliphatic rings. The molecule has 2 aromatic rings. The van der Waals surface area contributed by atoms with Gasteiger partial charge in [-0.3, -0.25) is 4.79 Å². The number of nitrogens with zero attached hydrogens (tertiary/aromatic N) is 2. The number of carbonyl (C=O) groups is 1. The summed E-state index contributed by atoms with van der Waals surface area (Å²) >= 11 is 3.20. The highest BCUT2D eigenvalue weighted by Gasteiger charge is 2.12. The van der Waals surface area contributed by atoms with Crippen molar-refractivity contribution in [1.29, 1.82) is 0 Å². The van der Waals surface area contributed by atoms with E-state index >= 15 is 0 Å². The molecular weight excluding hydrogens is 268 g/mol. The van der Waals surface area contributed by atoms with Crippen molar-refractivity contribution in [2.24, 2.45) is 0 Å². The van der Waals surface area contributed by atoms with Gasteiger partial charge in [-0.15, -0.1) is 22.7 Å². The number of ether oxygens (including phenoxy) is 1. The third kappa shape index (κ3) is 3.14. The maximum Gasteiger partial charge on any atom is 0.306 e. The number of thiazole rings is 2. The summed E-state index contributed by atoms with van der Waals surface area (Å²) in [6, 6.07) is 0. The van der Waals surface area contributed by atoms with Gasteiger partial charge in [0.2, 0.25) is 0 Å². The van der Waals surface area contributed by atoms with Crippen molar-refractivity contribution in [2.45, 2.75) is 26.7 Å². The zero-order valence-corrected chi connectivity index (χ0v) is 11.9.